The summed E-state index contributed by atoms with van der Waals surface area (Å²) in [5, 5.41) is 14.6. The van der Waals surface area contributed by atoms with Gasteiger partial charge in [-0.2, -0.15) is 11.8 Å². The molecule has 21 heavy (non-hydrogen) atoms. The zero-order chi connectivity index (χ0) is 14.7. The molecule has 4 nitrogen and oxygen atoms in total. The van der Waals surface area contributed by atoms with E-state index in [1.807, 2.05) is 30.0 Å². The molecule has 5 heteroatoms. The summed E-state index contributed by atoms with van der Waals surface area (Å²) < 4.78 is 10.7. The molecular formula is C16H23NO3S. The molecule has 3 atom stereocenters. The highest BCUT2D eigenvalue weighted by molar-refractivity contribution is 7.99. The van der Waals surface area contributed by atoms with Gasteiger partial charge in [-0.1, -0.05) is 19.4 Å². The highest BCUT2D eigenvalue weighted by Crippen LogP contribution is 2.34. The van der Waals surface area contributed by atoms with E-state index in [2.05, 4.69) is 12.2 Å². The fourth-order valence-electron chi connectivity index (χ4n) is 3.07. The van der Waals surface area contributed by atoms with Crippen LogP contribution in [0.4, 0.5) is 0 Å². The fraction of sp³-hybridized carbons (Fsp3) is 0.625. The van der Waals surface area contributed by atoms with Gasteiger partial charge in [0.2, 0.25) is 6.79 Å². The van der Waals surface area contributed by atoms with Gasteiger partial charge in [0, 0.05) is 17.8 Å². The molecule has 0 spiro atoms. The molecule has 1 heterocycles. The van der Waals surface area contributed by atoms with Crippen LogP contribution < -0.4 is 14.8 Å². The predicted octanol–water partition coefficient (Wildman–Crippen LogP) is 2.71. The second-order valence-electron chi connectivity index (χ2n) is 5.57. The zero-order valence-electron chi connectivity index (χ0n) is 12.4. The molecule has 1 aliphatic carbocycles. The molecule has 0 amide bonds. The molecule has 3 rings (SSSR count). The summed E-state index contributed by atoms with van der Waals surface area (Å²) in [7, 11) is 0. The molecule has 2 N–H and O–H groups in total. The van der Waals surface area contributed by atoms with Crippen LogP contribution >= 0.6 is 11.8 Å². The van der Waals surface area contributed by atoms with Crippen molar-refractivity contribution in [2.45, 2.75) is 43.6 Å². The van der Waals surface area contributed by atoms with Gasteiger partial charge in [0.15, 0.2) is 11.5 Å². The van der Waals surface area contributed by atoms with E-state index in [1.54, 1.807) is 0 Å². The summed E-state index contributed by atoms with van der Waals surface area (Å²) in [4.78, 5) is 0. The number of thioether (sulfide) groups is 1. The van der Waals surface area contributed by atoms with Crippen LogP contribution in [0.1, 0.15) is 37.9 Å². The van der Waals surface area contributed by atoms with Gasteiger partial charge in [0.1, 0.15) is 0 Å². The van der Waals surface area contributed by atoms with E-state index in [9.17, 15) is 5.11 Å². The Morgan fingerprint density at radius 2 is 2.19 bits per heavy atom. The number of ether oxygens (including phenoxy) is 2. The van der Waals surface area contributed by atoms with Crippen LogP contribution in [0.15, 0.2) is 18.2 Å². The lowest BCUT2D eigenvalue weighted by atomic mass is 10.1. The quantitative estimate of drug-likeness (QED) is 0.846. The molecule has 1 fully saturated rings. The maximum Gasteiger partial charge on any atom is 0.231 e. The molecule has 1 saturated carbocycles. The van der Waals surface area contributed by atoms with Gasteiger partial charge < -0.3 is 19.9 Å². The van der Waals surface area contributed by atoms with E-state index >= 15 is 0 Å². The third kappa shape index (κ3) is 3.47. The first kappa shape index (κ1) is 15.0. The van der Waals surface area contributed by atoms with Crippen molar-refractivity contribution in [3.8, 4) is 11.5 Å². The van der Waals surface area contributed by atoms with Crippen molar-refractivity contribution in [2.75, 3.05) is 19.1 Å². The minimum Gasteiger partial charge on any atom is -0.454 e. The Hall–Kier alpha value is -0.910. The first-order valence-corrected chi connectivity index (χ1v) is 8.75. The Bertz CT molecular complexity index is 483. The average molecular weight is 309 g/mol. The predicted molar refractivity (Wildman–Crippen MR) is 85.1 cm³/mol. The van der Waals surface area contributed by atoms with Crippen molar-refractivity contribution in [2.24, 2.45) is 0 Å². The fourth-order valence-corrected chi connectivity index (χ4v) is 4.30. The topological polar surface area (TPSA) is 50.7 Å². The van der Waals surface area contributed by atoms with E-state index in [0.717, 1.165) is 22.8 Å². The smallest absolute Gasteiger partial charge is 0.231 e. The lowest BCUT2D eigenvalue weighted by Gasteiger charge is -2.22. The van der Waals surface area contributed by atoms with Crippen LogP contribution in [-0.4, -0.2) is 35.5 Å². The monoisotopic (exact) mass is 309 g/mol. The number of rotatable bonds is 6. The first-order valence-electron chi connectivity index (χ1n) is 7.70. The molecule has 0 bridgehead atoms. The molecule has 2 aliphatic rings. The number of aliphatic hydroxyl groups is 1. The lowest BCUT2D eigenvalue weighted by Crippen LogP contribution is -2.37. The largest absolute Gasteiger partial charge is 0.454 e. The molecule has 0 saturated heterocycles. The van der Waals surface area contributed by atoms with Gasteiger partial charge in [-0.15, -0.1) is 0 Å². The van der Waals surface area contributed by atoms with Crippen molar-refractivity contribution >= 4 is 11.8 Å². The first-order chi connectivity index (χ1) is 10.3. The van der Waals surface area contributed by atoms with E-state index in [1.165, 1.54) is 19.3 Å². The average Bonchev–Trinajstić information content (AvgIpc) is 3.13. The maximum absolute atomic E-state index is 10.4. The van der Waals surface area contributed by atoms with Crippen LogP contribution in [0.3, 0.4) is 0 Å². The number of hydrogen-bond acceptors (Lipinski definition) is 5. The summed E-state index contributed by atoms with van der Waals surface area (Å²) in [6.07, 6.45) is 3.28. The molecule has 0 radical (unpaired) electrons. The molecule has 1 aromatic rings. The molecule has 1 aromatic carbocycles. The van der Waals surface area contributed by atoms with Crippen molar-refractivity contribution in [1.29, 1.82) is 0 Å². The molecule has 1 aliphatic heterocycles. The highest BCUT2D eigenvalue weighted by Gasteiger charge is 2.27. The third-order valence-corrected chi connectivity index (χ3v) is 5.51. The number of fused-ring (bicyclic) bond motifs is 1. The highest BCUT2D eigenvalue weighted by atomic mass is 32.2. The van der Waals surface area contributed by atoms with E-state index in [-0.39, 0.29) is 6.79 Å². The van der Waals surface area contributed by atoms with Gasteiger partial charge in [-0.25, -0.2) is 0 Å². The summed E-state index contributed by atoms with van der Waals surface area (Å²) in [5.74, 6) is 2.65. The summed E-state index contributed by atoms with van der Waals surface area (Å²) in [5.41, 5.74) is 0.879. The SMILES string of the molecule is CCSC1CCCC1NCC(O)c1ccc2c(c1)OCO2. The normalized spacial score (nSPS) is 25.2. The number of aliphatic hydroxyl groups excluding tert-OH is 1. The van der Waals surface area contributed by atoms with Crippen LogP contribution in [0.25, 0.3) is 0 Å². The summed E-state index contributed by atoms with van der Waals surface area (Å²) >= 11 is 2.03. The Labute approximate surface area is 130 Å². The van der Waals surface area contributed by atoms with Crippen LogP contribution in [-0.2, 0) is 0 Å². The van der Waals surface area contributed by atoms with Crippen LogP contribution in [0.5, 0.6) is 11.5 Å². The minimum atomic E-state index is -0.507. The summed E-state index contributed by atoms with van der Waals surface area (Å²) in [6.45, 7) is 3.07. The maximum atomic E-state index is 10.4. The van der Waals surface area contributed by atoms with Crippen LogP contribution in [0.2, 0.25) is 0 Å². The van der Waals surface area contributed by atoms with Crippen molar-refractivity contribution in [1.82, 2.24) is 5.32 Å². The van der Waals surface area contributed by atoms with Crippen LogP contribution in [0, 0.1) is 0 Å². The third-order valence-electron chi connectivity index (χ3n) is 4.19. The molecule has 3 unspecified atom stereocenters. The van der Waals surface area contributed by atoms with Crippen molar-refractivity contribution in [3.63, 3.8) is 0 Å². The second-order valence-corrected chi connectivity index (χ2v) is 7.08. The standard InChI is InChI=1S/C16H23NO3S/c1-2-21-16-5-3-4-12(16)17-9-13(18)11-6-7-14-15(8-11)20-10-19-14/h6-8,12-13,16-18H,2-5,9-10H2,1H3. The minimum absolute atomic E-state index is 0.269. The van der Waals surface area contributed by atoms with Gasteiger partial charge >= 0.3 is 0 Å². The molecular weight excluding hydrogens is 286 g/mol. The van der Waals surface area contributed by atoms with Gasteiger partial charge in [-0.3, -0.25) is 0 Å². The van der Waals surface area contributed by atoms with E-state index in [4.69, 9.17) is 9.47 Å². The Morgan fingerprint density at radius 1 is 1.33 bits per heavy atom. The van der Waals surface area contributed by atoms with Gasteiger partial charge in [0.25, 0.3) is 0 Å². The second kappa shape index (κ2) is 6.90. The van der Waals surface area contributed by atoms with Crippen molar-refractivity contribution in [3.05, 3.63) is 23.8 Å². The zero-order valence-corrected chi connectivity index (χ0v) is 13.2. The van der Waals surface area contributed by atoms with Gasteiger partial charge in [0.05, 0.1) is 6.10 Å². The molecule has 116 valence electrons. The number of nitrogens with one attached hydrogen (secondary N) is 1. The lowest BCUT2D eigenvalue weighted by molar-refractivity contribution is 0.167. The van der Waals surface area contributed by atoms with E-state index < -0.39 is 6.10 Å². The molecule has 0 aromatic heterocycles. The van der Waals surface area contributed by atoms with Crippen molar-refractivity contribution < 1.29 is 14.6 Å². The Kier molecular flexibility index (Phi) is 4.93. The number of hydrogen-bond donors (Lipinski definition) is 2. The van der Waals surface area contributed by atoms with E-state index in [0.29, 0.717) is 17.8 Å². The Morgan fingerprint density at radius 3 is 3.05 bits per heavy atom. The number of benzene rings is 1. The summed E-state index contributed by atoms with van der Waals surface area (Å²) in [6, 6.07) is 6.18. The van der Waals surface area contributed by atoms with Gasteiger partial charge in [-0.05, 0) is 36.3 Å². The Balaban J connectivity index is 1.55.